The van der Waals surface area contributed by atoms with Gasteiger partial charge in [0.05, 0.1) is 32.7 Å². The lowest BCUT2D eigenvalue weighted by molar-refractivity contribution is -0.119. The zero-order valence-corrected chi connectivity index (χ0v) is 20.1. The second kappa shape index (κ2) is 11.1. The molecule has 36 heavy (non-hydrogen) atoms. The van der Waals surface area contributed by atoms with Gasteiger partial charge in [0, 0.05) is 17.8 Å². The first-order chi connectivity index (χ1) is 17.5. The van der Waals surface area contributed by atoms with Crippen molar-refractivity contribution in [3.8, 4) is 34.2 Å². The number of hydrogen-bond acceptors (Lipinski definition) is 7. The molecule has 0 aliphatic carbocycles. The standard InChI is InChI=1S/C27H25N3O6/c1-33-20-11-9-18(10-12-20)26-22(16-30(29-26)19-7-5-4-6-8-19)27(32)36-17-25(31)28-23-15-21(34-2)13-14-24(23)35-3/h4-16H,17H2,1-3H3,(H,28,31). The van der Waals surface area contributed by atoms with Gasteiger partial charge in [-0.05, 0) is 48.5 Å². The summed E-state index contributed by atoms with van der Waals surface area (Å²) < 4.78 is 22.6. The molecule has 3 aromatic carbocycles. The molecular weight excluding hydrogens is 462 g/mol. The summed E-state index contributed by atoms with van der Waals surface area (Å²) in [5, 5.41) is 7.29. The minimum absolute atomic E-state index is 0.218. The quantitative estimate of drug-likeness (QED) is 0.350. The van der Waals surface area contributed by atoms with Gasteiger partial charge in [0.1, 0.15) is 28.5 Å². The van der Waals surface area contributed by atoms with Crippen LogP contribution in [-0.2, 0) is 9.53 Å². The Balaban J connectivity index is 1.55. The van der Waals surface area contributed by atoms with Crippen molar-refractivity contribution in [1.82, 2.24) is 9.78 Å². The van der Waals surface area contributed by atoms with E-state index in [4.69, 9.17) is 18.9 Å². The van der Waals surface area contributed by atoms with E-state index in [0.717, 1.165) is 5.69 Å². The molecule has 0 radical (unpaired) electrons. The average Bonchev–Trinajstić information content (AvgIpc) is 3.38. The topological polar surface area (TPSA) is 101 Å². The highest BCUT2D eigenvalue weighted by Crippen LogP contribution is 2.29. The molecule has 9 nitrogen and oxygen atoms in total. The molecule has 0 aliphatic heterocycles. The first-order valence-electron chi connectivity index (χ1n) is 11.0. The van der Waals surface area contributed by atoms with Crippen molar-refractivity contribution in [1.29, 1.82) is 0 Å². The molecule has 0 aliphatic rings. The molecule has 9 heteroatoms. The fraction of sp³-hybridized carbons (Fsp3) is 0.148. The normalized spacial score (nSPS) is 10.4. The van der Waals surface area contributed by atoms with E-state index in [1.54, 1.807) is 60.5 Å². The molecule has 1 heterocycles. The van der Waals surface area contributed by atoms with Crippen LogP contribution in [0.4, 0.5) is 5.69 Å². The van der Waals surface area contributed by atoms with Crippen molar-refractivity contribution in [3.63, 3.8) is 0 Å². The average molecular weight is 488 g/mol. The smallest absolute Gasteiger partial charge is 0.342 e. The van der Waals surface area contributed by atoms with Crippen LogP contribution in [0.1, 0.15) is 10.4 Å². The maximum atomic E-state index is 13.1. The summed E-state index contributed by atoms with van der Waals surface area (Å²) in [4.78, 5) is 25.6. The van der Waals surface area contributed by atoms with Gasteiger partial charge in [0.2, 0.25) is 0 Å². The Morgan fingerprint density at radius 1 is 0.861 bits per heavy atom. The van der Waals surface area contributed by atoms with Gasteiger partial charge in [-0.15, -0.1) is 0 Å². The fourth-order valence-electron chi connectivity index (χ4n) is 3.51. The summed E-state index contributed by atoms with van der Waals surface area (Å²) in [5.41, 5.74) is 2.50. The molecule has 0 bridgehead atoms. The molecule has 1 N–H and O–H groups in total. The number of anilines is 1. The minimum atomic E-state index is -0.684. The number of carbonyl (C=O) groups is 2. The first kappa shape index (κ1) is 24.3. The summed E-state index contributed by atoms with van der Waals surface area (Å²) in [6, 6.07) is 21.5. The molecule has 184 valence electrons. The lowest BCUT2D eigenvalue weighted by atomic mass is 10.1. The van der Waals surface area contributed by atoms with Gasteiger partial charge in [-0.3, -0.25) is 4.79 Å². The van der Waals surface area contributed by atoms with E-state index in [-0.39, 0.29) is 5.56 Å². The number of benzene rings is 3. The van der Waals surface area contributed by atoms with Gasteiger partial charge >= 0.3 is 5.97 Å². The van der Waals surface area contributed by atoms with Crippen LogP contribution in [0.15, 0.2) is 79.0 Å². The largest absolute Gasteiger partial charge is 0.497 e. The Morgan fingerprint density at radius 3 is 2.22 bits per heavy atom. The van der Waals surface area contributed by atoms with Crippen LogP contribution in [0.5, 0.6) is 17.2 Å². The summed E-state index contributed by atoms with van der Waals surface area (Å²) in [6.45, 7) is -0.502. The zero-order valence-electron chi connectivity index (χ0n) is 20.1. The summed E-state index contributed by atoms with van der Waals surface area (Å²) in [6.07, 6.45) is 1.58. The third kappa shape index (κ3) is 5.47. The molecule has 0 spiro atoms. The number of methoxy groups -OCH3 is 3. The van der Waals surface area contributed by atoms with Crippen LogP contribution in [0.3, 0.4) is 0 Å². The number of amides is 1. The van der Waals surface area contributed by atoms with Gasteiger partial charge in [0.25, 0.3) is 5.91 Å². The Labute approximate surface area is 208 Å². The van der Waals surface area contributed by atoms with E-state index in [2.05, 4.69) is 10.4 Å². The number of para-hydroxylation sites is 1. The number of nitrogens with one attached hydrogen (secondary N) is 1. The van der Waals surface area contributed by atoms with E-state index >= 15 is 0 Å². The molecule has 4 aromatic rings. The van der Waals surface area contributed by atoms with Crippen LogP contribution < -0.4 is 19.5 Å². The van der Waals surface area contributed by atoms with Crippen LogP contribution in [0.25, 0.3) is 16.9 Å². The highest BCUT2D eigenvalue weighted by Gasteiger charge is 2.21. The minimum Gasteiger partial charge on any atom is -0.497 e. The van der Waals surface area contributed by atoms with Crippen LogP contribution >= 0.6 is 0 Å². The molecule has 1 amide bonds. The van der Waals surface area contributed by atoms with Gasteiger partial charge in [-0.2, -0.15) is 5.10 Å². The Bertz CT molecular complexity index is 1350. The first-order valence-corrected chi connectivity index (χ1v) is 11.0. The second-order valence-corrected chi connectivity index (χ2v) is 7.59. The van der Waals surface area contributed by atoms with Crippen LogP contribution in [0.2, 0.25) is 0 Å². The highest BCUT2D eigenvalue weighted by atomic mass is 16.5. The Kier molecular flexibility index (Phi) is 7.50. The number of carbonyl (C=O) groups excluding carboxylic acids is 2. The lowest BCUT2D eigenvalue weighted by Gasteiger charge is -2.12. The molecule has 0 saturated carbocycles. The van der Waals surface area contributed by atoms with E-state index in [1.165, 1.54) is 14.2 Å². The van der Waals surface area contributed by atoms with E-state index in [0.29, 0.717) is 34.2 Å². The Hall–Kier alpha value is -4.79. The number of esters is 1. The Morgan fingerprint density at radius 2 is 1.56 bits per heavy atom. The summed E-state index contributed by atoms with van der Waals surface area (Å²) >= 11 is 0. The number of ether oxygens (including phenoxy) is 4. The predicted molar refractivity (Wildman–Crippen MR) is 134 cm³/mol. The SMILES string of the molecule is COc1ccc(-c2nn(-c3ccccc3)cc2C(=O)OCC(=O)Nc2cc(OC)ccc2OC)cc1. The van der Waals surface area contributed by atoms with Gasteiger partial charge in [-0.25, -0.2) is 9.48 Å². The van der Waals surface area contributed by atoms with Crippen molar-refractivity contribution >= 4 is 17.6 Å². The number of nitrogens with zero attached hydrogens (tertiary/aromatic N) is 2. The van der Waals surface area contributed by atoms with Crippen molar-refractivity contribution in [2.75, 3.05) is 33.3 Å². The molecule has 0 unspecified atom stereocenters. The molecular formula is C27H25N3O6. The number of aromatic nitrogens is 2. The van der Waals surface area contributed by atoms with Gasteiger partial charge < -0.3 is 24.3 Å². The zero-order chi connectivity index (χ0) is 25.5. The molecule has 4 rings (SSSR count). The van der Waals surface area contributed by atoms with Crippen molar-refractivity contribution in [3.05, 3.63) is 84.6 Å². The molecule has 0 saturated heterocycles. The van der Waals surface area contributed by atoms with Gasteiger partial charge in [0.15, 0.2) is 6.61 Å². The van der Waals surface area contributed by atoms with Crippen molar-refractivity contribution in [2.24, 2.45) is 0 Å². The summed E-state index contributed by atoms with van der Waals surface area (Å²) in [5.74, 6) is 0.448. The highest BCUT2D eigenvalue weighted by molar-refractivity contribution is 5.99. The number of hydrogen-bond donors (Lipinski definition) is 1. The van der Waals surface area contributed by atoms with E-state index in [1.807, 2.05) is 30.3 Å². The van der Waals surface area contributed by atoms with Crippen LogP contribution in [-0.4, -0.2) is 49.6 Å². The lowest BCUT2D eigenvalue weighted by Crippen LogP contribution is -2.21. The van der Waals surface area contributed by atoms with Crippen LogP contribution in [0, 0.1) is 0 Å². The molecule has 0 fully saturated rings. The maximum Gasteiger partial charge on any atom is 0.342 e. The number of rotatable bonds is 9. The maximum absolute atomic E-state index is 13.1. The van der Waals surface area contributed by atoms with E-state index < -0.39 is 18.5 Å². The van der Waals surface area contributed by atoms with Crippen molar-refractivity contribution < 1.29 is 28.5 Å². The third-order valence-corrected chi connectivity index (χ3v) is 5.33. The van der Waals surface area contributed by atoms with Gasteiger partial charge in [-0.1, -0.05) is 18.2 Å². The monoisotopic (exact) mass is 487 g/mol. The molecule has 1 aromatic heterocycles. The van der Waals surface area contributed by atoms with Crippen molar-refractivity contribution in [2.45, 2.75) is 0 Å². The fourth-order valence-corrected chi connectivity index (χ4v) is 3.51. The third-order valence-electron chi connectivity index (χ3n) is 5.33. The predicted octanol–water partition coefficient (Wildman–Crippen LogP) is 4.36. The molecule has 0 atom stereocenters. The summed E-state index contributed by atoms with van der Waals surface area (Å²) in [7, 11) is 4.59. The second-order valence-electron chi connectivity index (χ2n) is 7.59. The van der Waals surface area contributed by atoms with E-state index in [9.17, 15) is 9.59 Å².